The van der Waals surface area contributed by atoms with Gasteiger partial charge in [0.1, 0.15) is 0 Å². The number of nitrogens with zero attached hydrogens (tertiary/aromatic N) is 2. The van der Waals surface area contributed by atoms with Crippen LogP contribution in [-0.2, 0) is 9.59 Å². The van der Waals surface area contributed by atoms with Crippen molar-refractivity contribution in [1.82, 2.24) is 9.80 Å². The van der Waals surface area contributed by atoms with E-state index in [9.17, 15) is 9.59 Å². The van der Waals surface area contributed by atoms with Crippen molar-refractivity contribution in [2.24, 2.45) is 0 Å². The van der Waals surface area contributed by atoms with Gasteiger partial charge in [0.2, 0.25) is 25.4 Å². The summed E-state index contributed by atoms with van der Waals surface area (Å²) in [6.07, 6.45) is 6.68. The van der Waals surface area contributed by atoms with Gasteiger partial charge in [-0.05, 0) is 61.4 Å². The van der Waals surface area contributed by atoms with Crippen molar-refractivity contribution in [3.05, 3.63) is 59.7 Å². The molecule has 0 bridgehead atoms. The SMILES string of the molecule is C[C@H]1CN(C(=O)/C=C/c2ccc3c(c2)OCO3)[C@@H](C)CN1C(=O)/C=C/c1ccc2c(c1)OCO2. The van der Waals surface area contributed by atoms with Crippen molar-refractivity contribution >= 4 is 24.0 Å². The van der Waals surface area contributed by atoms with Gasteiger partial charge < -0.3 is 28.7 Å². The molecule has 0 radical (unpaired) electrons. The number of benzene rings is 2. The zero-order chi connectivity index (χ0) is 23.7. The minimum Gasteiger partial charge on any atom is -0.454 e. The highest BCUT2D eigenvalue weighted by molar-refractivity contribution is 5.94. The van der Waals surface area contributed by atoms with Crippen LogP contribution >= 0.6 is 0 Å². The third-order valence-corrected chi connectivity index (χ3v) is 6.18. The average molecular weight is 463 g/mol. The number of carbonyl (C=O) groups is 2. The molecule has 2 aromatic rings. The molecule has 3 aliphatic heterocycles. The Hall–Kier alpha value is -3.94. The van der Waals surface area contributed by atoms with Crippen molar-refractivity contribution in [1.29, 1.82) is 0 Å². The van der Waals surface area contributed by atoms with E-state index in [-0.39, 0.29) is 37.5 Å². The van der Waals surface area contributed by atoms with E-state index in [1.54, 1.807) is 34.1 Å². The summed E-state index contributed by atoms with van der Waals surface area (Å²) in [5.41, 5.74) is 1.72. The molecule has 3 heterocycles. The lowest BCUT2D eigenvalue weighted by Gasteiger charge is -2.43. The number of ether oxygens (including phenoxy) is 4. The number of carbonyl (C=O) groups excluding carboxylic acids is 2. The Morgan fingerprint density at radius 2 is 1.12 bits per heavy atom. The fourth-order valence-corrected chi connectivity index (χ4v) is 4.30. The quantitative estimate of drug-likeness (QED) is 0.649. The van der Waals surface area contributed by atoms with E-state index < -0.39 is 0 Å². The minimum absolute atomic E-state index is 0.0833. The van der Waals surface area contributed by atoms with Crippen molar-refractivity contribution in [3.8, 4) is 23.0 Å². The van der Waals surface area contributed by atoms with Crippen LogP contribution in [0.2, 0.25) is 0 Å². The van der Waals surface area contributed by atoms with Gasteiger partial charge in [-0.1, -0.05) is 12.1 Å². The third kappa shape index (κ3) is 4.44. The van der Waals surface area contributed by atoms with Gasteiger partial charge in [0.25, 0.3) is 0 Å². The molecule has 1 saturated heterocycles. The molecule has 2 amide bonds. The molecule has 2 atom stereocenters. The fourth-order valence-electron chi connectivity index (χ4n) is 4.30. The van der Waals surface area contributed by atoms with Gasteiger partial charge in [0.15, 0.2) is 23.0 Å². The number of fused-ring (bicyclic) bond motifs is 2. The molecule has 34 heavy (non-hydrogen) atoms. The van der Waals surface area contributed by atoms with E-state index in [4.69, 9.17) is 18.9 Å². The maximum Gasteiger partial charge on any atom is 0.246 e. The molecular weight excluding hydrogens is 436 g/mol. The molecule has 8 heteroatoms. The highest BCUT2D eigenvalue weighted by atomic mass is 16.7. The third-order valence-electron chi connectivity index (χ3n) is 6.18. The predicted molar refractivity (Wildman–Crippen MR) is 126 cm³/mol. The van der Waals surface area contributed by atoms with E-state index in [2.05, 4.69) is 0 Å². The molecule has 0 aromatic heterocycles. The second-order valence-corrected chi connectivity index (χ2v) is 8.57. The van der Waals surface area contributed by atoms with Crippen LogP contribution < -0.4 is 18.9 Å². The van der Waals surface area contributed by atoms with E-state index in [0.717, 1.165) is 11.1 Å². The molecule has 5 rings (SSSR count). The molecule has 0 N–H and O–H groups in total. The number of hydrogen-bond acceptors (Lipinski definition) is 6. The van der Waals surface area contributed by atoms with Crippen LogP contribution in [0.15, 0.2) is 48.6 Å². The first kappa shape index (κ1) is 21.9. The molecule has 0 aliphatic carbocycles. The topological polar surface area (TPSA) is 77.5 Å². The highest BCUT2D eigenvalue weighted by Crippen LogP contribution is 2.33. The number of hydrogen-bond donors (Lipinski definition) is 0. The minimum atomic E-state index is -0.104. The standard InChI is InChI=1S/C26H26N2O6/c1-17-13-28(26(30)10-6-20-4-8-22-24(12-20)34-16-32-22)18(2)14-27(17)25(29)9-5-19-3-7-21-23(11-19)33-15-31-21/h3-12,17-18H,13-16H2,1-2H3/b9-5+,10-6+/t17-,18-/m0/s1. The van der Waals surface area contributed by atoms with Gasteiger partial charge >= 0.3 is 0 Å². The summed E-state index contributed by atoms with van der Waals surface area (Å²) in [7, 11) is 0. The van der Waals surface area contributed by atoms with Gasteiger partial charge in [-0.15, -0.1) is 0 Å². The number of amides is 2. The molecule has 2 aromatic carbocycles. The maximum atomic E-state index is 12.9. The molecule has 8 nitrogen and oxygen atoms in total. The summed E-state index contributed by atoms with van der Waals surface area (Å²) in [5.74, 6) is 2.61. The zero-order valence-electron chi connectivity index (χ0n) is 19.1. The summed E-state index contributed by atoms with van der Waals surface area (Å²) in [6, 6.07) is 10.9. The van der Waals surface area contributed by atoms with Crippen LogP contribution in [0.3, 0.4) is 0 Å². The number of rotatable bonds is 4. The molecule has 176 valence electrons. The van der Waals surface area contributed by atoms with Gasteiger partial charge in [-0.3, -0.25) is 9.59 Å². The van der Waals surface area contributed by atoms with Crippen molar-refractivity contribution in [2.75, 3.05) is 26.7 Å². The highest BCUT2D eigenvalue weighted by Gasteiger charge is 2.32. The second kappa shape index (κ2) is 9.13. The molecule has 3 aliphatic rings. The van der Waals surface area contributed by atoms with Crippen LogP contribution in [-0.4, -0.2) is 60.4 Å². The lowest BCUT2D eigenvalue weighted by atomic mass is 10.1. The van der Waals surface area contributed by atoms with Crippen molar-refractivity contribution < 1.29 is 28.5 Å². The van der Waals surface area contributed by atoms with Crippen LogP contribution in [0, 0.1) is 0 Å². The second-order valence-electron chi connectivity index (χ2n) is 8.57. The lowest BCUT2D eigenvalue weighted by molar-refractivity contribution is -0.139. The Balaban J connectivity index is 1.20. The Labute approximate surface area is 197 Å². The Bertz CT molecular complexity index is 1080. The van der Waals surface area contributed by atoms with Gasteiger partial charge in [0.05, 0.1) is 0 Å². The number of piperazine rings is 1. The van der Waals surface area contributed by atoms with Gasteiger partial charge in [0, 0.05) is 37.3 Å². The summed E-state index contributed by atoms with van der Waals surface area (Å²) in [4.78, 5) is 29.4. The monoisotopic (exact) mass is 462 g/mol. The summed E-state index contributed by atoms with van der Waals surface area (Å²) in [6.45, 7) is 5.28. The molecule has 1 fully saturated rings. The lowest BCUT2D eigenvalue weighted by Crippen LogP contribution is -2.59. The van der Waals surface area contributed by atoms with Crippen LogP contribution in [0.4, 0.5) is 0 Å². The fraction of sp³-hybridized carbons (Fsp3) is 0.308. The Morgan fingerprint density at radius 3 is 1.56 bits per heavy atom. The molecule has 0 saturated carbocycles. The van der Waals surface area contributed by atoms with E-state index in [1.807, 2.05) is 50.2 Å². The summed E-state index contributed by atoms with van der Waals surface area (Å²) < 4.78 is 21.4. The van der Waals surface area contributed by atoms with Crippen LogP contribution in [0.5, 0.6) is 23.0 Å². The maximum absolute atomic E-state index is 12.9. The van der Waals surface area contributed by atoms with E-state index in [0.29, 0.717) is 36.1 Å². The average Bonchev–Trinajstić information content (AvgIpc) is 3.50. The first-order chi connectivity index (χ1) is 16.5. The molecule has 0 spiro atoms. The first-order valence-electron chi connectivity index (χ1n) is 11.2. The largest absolute Gasteiger partial charge is 0.454 e. The zero-order valence-corrected chi connectivity index (χ0v) is 19.1. The first-order valence-corrected chi connectivity index (χ1v) is 11.2. The molecule has 0 unspecified atom stereocenters. The normalized spacial score (nSPS) is 21.0. The Kier molecular flexibility index (Phi) is 5.88. The summed E-state index contributed by atoms with van der Waals surface area (Å²) >= 11 is 0. The van der Waals surface area contributed by atoms with Gasteiger partial charge in [-0.2, -0.15) is 0 Å². The smallest absolute Gasteiger partial charge is 0.246 e. The van der Waals surface area contributed by atoms with Crippen LogP contribution in [0.1, 0.15) is 25.0 Å². The molecular formula is C26H26N2O6. The van der Waals surface area contributed by atoms with Gasteiger partial charge in [-0.25, -0.2) is 0 Å². The summed E-state index contributed by atoms with van der Waals surface area (Å²) in [5, 5.41) is 0. The van der Waals surface area contributed by atoms with E-state index >= 15 is 0 Å². The predicted octanol–water partition coefficient (Wildman–Crippen LogP) is 3.32. The Morgan fingerprint density at radius 1 is 0.706 bits per heavy atom. The van der Waals surface area contributed by atoms with Crippen molar-refractivity contribution in [2.45, 2.75) is 25.9 Å². The van der Waals surface area contributed by atoms with Crippen molar-refractivity contribution in [3.63, 3.8) is 0 Å². The van der Waals surface area contributed by atoms with Crippen LogP contribution in [0.25, 0.3) is 12.2 Å². The van der Waals surface area contributed by atoms with E-state index in [1.165, 1.54) is 0 Å².